The fraction of sp³-hybridized carbons (Fsp3) is 0.111. The van der Waals surface area contributed by atoms with Gasteiger partial charge >= 0.3 is 0 Å². The SMILES string of the molecule is COc1ccc(Nc2nccc(Nc3ccc(Cl)cc3)n2)c(OC)c1. The molecular weight excluding hydrogens is 340 g/mol. The number of hydrogen-bond donors (Lipinski definition) is 2. The lowest BCUT2D eigenvalue weighted by molar-refractivity contribution is 0.395. The molecule has 1 heterocycles. The third-order valence-electron chi connectivity index (χ3n) is 3.43. The molecule has 0 fully saturated rings. The van der Waals surface area contributed by atoms with E-state index in [0.717, 1.165) is 11.4 Å². The monoisotopic (exact) mass is 356 g/mol. The Balaban J connectivity index is 1.79. The van der Waals surface area contributed by atoms with E-state index in [1.54, 1.807) is 32.5 Å². The van der Waals surface area contributed by atoms with Crippen molar-refractivity contribution in [2.45, 2.75) is 0 Å². The highest BCUT2D eigenvalue weighted by molar-refractivity contribution is 6.30. The molecule has 1 aromatic heterocycles. The summed E-state index contributed by atoms with van der Waals surface area (Å²) in [5.41, 5.74) is 1.63. The van der Waals surface area contributed by atoms with Crippen molar-refractivity contribution in [3.05, 3.63) is 59.8 Å². The standard InChI is InChI=1S/C18H17ClN4O2/c1-24-14-7-8-15(16(11-14)25-2)22-18-20-10-9-17(23-18)21-13-5-3-12(19)4-6-13/h3-11H,1-2H3,(H2,20,21,22,23). The average Bonchev–Trinajstić information content (AvgIpc) is 2.64. The van der Waals surface area contributed by atoms with E-state index in [2.05, 4.69) is 20.6 Å². The molecule has 0 spiro atoms. The van der Waals surface area contributed by atoms with Gasteiger partial charge in [-0.25, -0.2) is 4.98 Å². The first-order valence-electron chi connectivity index (χ1n) is 7.52. The molecular formula is C18H17ClN4O2. The van der Waals surface area contributed by atoms with Crippen LogP contribution < -0.4 is 20.1 Å². The Morgan fingerprint density at radius 3 is 2.44 bits per heavy atom. The predicted molar refractivity (Wildman–Crippen MR) is 99.6 cm³/mol. The Kier molecular flexibility index (Phi) is 5.20. The van der Waals surface area contributed by atoms with Gasteiger partial charge in [-0.05, 0) is 42.5 Å². The summed E-state index contributed by atoms with van der Waals surface area (Å²) in [6.45, 7) is 0. The smallest absolute Gasteiger partial charge is 0.229 e. The van der Waals surface area contributed by atoms with Crippen LogP contribution in [0.15, 0.2) is 54.7 Å². The Morgan fingerprint density at radius 1 is 0.920 bits per heavy atom. The molecule has 0 radical (unpaired) electrons. The van der Waals surface area contributed by atoms with E-state index in [1.165, 1.54) is 0 Å². The van der Waals surface area contributed by atoms with E-state index in [-0.39, 0.29) is 0 Å². The number of methoxy groups -OCH3 is 2. The molecule has 7 heteroatoms. The van der Waals surface area contributed by atoms with Gasteiger partial charge in [-0.2, -0.15) is 4.98 Å². The van der Waals surface area contributed by atoms with E-state index >= 15 is 0 Å². The summed E-state index contributed by atoms with van der Waals surface area (Å²) in [5.74, 6) is 2.45. The number of hydrogen-bond acceptors (Lipinski definition) is 6. The third-order valence-corrected chi connectivity index (χ3v) is 3.68. The zero-order chi connectivity index (χ0) is 17.6. The lowest BCUT2D eigenvalue weighted by atomic mass is 10.2. The van der Waals surface area contributed by atoms with Gasteiger partial charge in [-0.3, -0.25) is 0 Å². The van der Waals surface area contributed by atoms with E-state index in [9.17, 15) is 0 Å². The summed E-state index contributed by atoms with van der Waals surface area (Å²) >= 11 is 5.90. The average molecular weight is 357 g/mol. The molecule has 0 amide bonds. The van der Waals surface area contributed by atoms with Crippen molar-refractivity contribution >= 4 is 34.7 Å². The van der Waals surface area contributed by atoms with Gasteiger partial charge in [-0.15, -0.1) is 0 Å². The van der Waals surface area contributed by atoms with Crippen LogP contribution in [-0.2, 0) is 0 Å². The van der Waals surface area contributed by atoms with Crippen LogP contribution in [0.1, 0.15) is 0 Å². The van der Waals surface area contributed by atoms with E-state index in [4.69, 9.17) is 21.1 Å². The maximum absolute atomic E-state index is 5.90. The second kappa shape index (κ2) is 7.72. The van der Waals surface area contributed by atoms with Crippen LogP contribution >= 0.6 is 11.6 Å². The van der Waals surface area contributed by atoms with Crippen molar-refractivity contribution in [2.24, 2.45) is 0 Å². The van der Waals surface area contributed by atoms with Crippen molar-refractivity contribution in [3.8, 4) is 11.5 Å². The maximum atomic E-state index is 5.90. The minimum Gasteiger partial charge on any atom is -0.497 e. The Bertz CT molecular complexity index is 856. The van der Waals surface area contributed by atoms with Crippen molar-refractivity contribution < 1.29 is 9.47 Å². The number of ether oxygens (including phenoxy) is 2. The fourth-order valence-electron chi connectivity index (χ4n) is 2.19. The number of rotatable bonds is 6. The molecule has 3 rings (SSSR count). The highest BCUT2D eigenvalue weighted by atomic mass is 35.5. The Morgan fingerprint density at radius 2 is 1.72 bits per heavy atom. The first kappa shape index (κ1) is 16.9. The van der Waals surface area contributed by atoms with E-state index in [1.807, 2.05) is 36.4 Å². The number of nitrogens with one attached hydrogen (secondary N) is 2. The molecule has 0 aliphatic rings. The number of halogens is 1. The Labute approximate surface area is 150 Å². The fourth-order valence-corrected chi connectivity index (χ4v) is 2.32. The second-order valence-corrected chi connectivity index (χ2v) is 5.53. The topological polar surface area (TPSA) is 68.3 Å². The van der Waals surface area contributed by atoms with Crippen molar-refractivity contribution in [1.82, 2.24) is 9.97 Å². The summed E-state index contributed by atoms with van der Waals surface area (Å²) < 4.78 is 10.6. The molecule has 0 aliphatic carbocycles. The third kappa shape index (κ3) is 4.30. The highest BCUT2D eigenvalue weighted by Crippen LogP contribution is 2.30. The van der Waals surface area contributed by atoms with Gasteiger partial charge in [0.05, 0.1) is 19.9 Å². The molecule has 0 bridgehead atoms. The van der Waals surface area contributed by atoms with Crippen molar-refractivity contribution in [3.63, 3.8) is 0 Å². The van der Waals surface area contributed by atoms with E-state index in [0.29, 0.717) is 28.3 Å². The molecule has 2 aromatic carbocycles. The first-order chi connectivity index (χ1) is 12.2. The van der Waals surface area contributed by atoms with Crippen LogP contribution in [0.4, 0.5) is 23.1 Å². The molecule has 0 unspecified atom stereocenters. The van der Waals surface area contributed by atoms with Crippen LogP contribution in [0.25, 0.3) is 0 Å². The highest BCUT2D eigenvalue weighted by Gasteiger charge is 2.07. The van der Waals surface area contributed by atoms with Gasteiger partial charge in [-0.1, -0.05) is 11.6 Å². The van der Waals surface area contributed by atoms with Crippen LogP contribution in [0.3, 0.4) is 0 Å². The molecule has 25 heavy (non-hydrogen) atoms. The van der Waals surface area contributed by atoms with E-state index < -0.39 is 0 Å². The molecule has 6 nitrogen and oxygen atoms in total. The summed E-state index contributed by atoms with van der Waals surface area (Å²) in [6.07, 6.45) is 1.67. The molecule has 128 valence electrons. The lowest BCUT2D eigenvalue weighted by Crippen LogP contribution is -2.01. The quantitative estimate of drug-likeness (QED) is 0.671. The normalized spacial score (nSPS) is 10.2. The second-order valence-electron chi connectivity index (χ2n) is 5.09. The molecule has 2 N–H and O–H groups in total. The number of aromatic nitrogens is 2. The van der Waals surface area contributed by atoms with Gasteiger partial charge < -0.3 is 20.1 Å². The number of nitrogens with zero attached hydrogens (tertiary/aromatic N) is 2. The number of anilines is 4. The summed E-state index contributed by atoms with van der Waals surface area (Å²) in [5, 5.41) is 7.03. The van der Waals surface area contributed by atoms with Gasteiger partial charge in [0, 0.05) is 23.0 Å². The predicted octanol–water partition coefficient (Wildman–Crippen LogP) is 4.63. The minimum absolute atomic E-state index is 0.447. The van der Waals surface area contributed by atoms with Crippen molar-refractivity contribution in [2.75, 3.05) is 24.9 Å². The summed E-state index contributed by atoms with van der Waals surface area (Å²) in [7, 11) is 3.20. The molecule has 0 saturated heterocycles. The molecule has 0 aliphatic heterocycles. The molecule has 0 atom stereocenters. The summed E-state index contributed by atoms with van der Waals surface area (Å²) in [4.78, 5) is 8.69. The molecule has 0 saturated carbocycles. The van der Waals surface area contributed by atoms with Crippen LogP contribution in [-0.4, -0.2) is 24.2 Å². The maximum Gasteiger partial charge on any atom is 0.229 e. The van der Waals surface area contributed by atoms with Gasteiger partial charge in [0.2, 0.25) is 5.95 Å². The van der Waals surface area contributed by atoms with Gasteiger partial charge in [0.1, 0.15) is 17.3 Å². The van der Waals surface area contributed by atoms with Crippen LogP contribution in [0.2, 0.25) is 5.02 Å². The van der Waals surface area contributed by atoms with Crippen molar-refractivity contribution in [1.29, 1.82) is 0 Å². The van der Waals surface area contributed by atoms with Gasteiger partial charge in [0.25, 0.3) is 0 Å². The lowest BCUT2D eigenvalue weighted by Gasteiger charge is -2.12. The van der Waals surface area contributed by atoms with Crippen LogP contribution in [0.5, 0.6) is 11.5 Å². The number of benzene rings is 2. The zero-order valence-electron chi connectivity index (χ0n) is 13.8. The van der Waals surface area contributed by atoms with Crippen LogP contribution in [0, 0.1) is 0 Å². The Hall–Kier alpha value is -2.99. The minimum atomic E-state index is 0.447. The first-order valence-corrected chi connectivity index (χ1v) is 7.90. The van der Waals surface area contributed by atoms with Gasteiger partial charge in [0.15, 0.2) is 0 Å². The zero-order valence-corrected chi connectivity index (χ0v) is 14.5. The largest absolute Gasteiger partial charge is 0.497 e. The summed E-state index contributed by atoms with van der Waals surface area (Å²) in [6, 6.07) is 14.6. The molecule has 3 aromatic rings.